The van der Waals surface area contributed by atoms with Gasteiger partial charge in [-0.25, -0.2) is 5.26 Å². The third-order valence-corrected chi connectivity index (χ3v) is 18.4. The van der Waals surface area contributed by atoms with Crippen LogP contribution in [0.5, 0.6) is 17.2 Å². The number of aliphatic hydroxyl groups is 6. The number of aromatic nitrogens is 2. The van der Waals surface area contributed by atoms with E-state index >= 15 is 4.79 Å². The van der Waals surface area contributed by atoms with Crippen molar-refractivity contribution in [1.82, 2.24) is 51.9 Å². The van der Waals surface area contributed by atoms with Crippen LogP contribution in [-0.4, -0.2) is 235 Å². The molecule has 0 bridgehead atoms. The molecule has 4 heterocycles. The van der Waals surface area contributed by atoms with Crippen molar-refractivity contribution in [2.45, 2.75) is 170 Å². The minimum atomic E-state index is -2.10. The van der Waals surface area contributed by atoms with Crippen LogP contribution >= 0.6 is 23.7 Å². The van der Waals surface area contributed by atoms with E-state index in [0.717, 1.165) is 98.5 Å². The van der Waals surface area contributed by atoms with Crippen LogP contribution in [-0.2, 0) is 49.3 Å². The quantitative estimate of drug-likeness (QED) is 0.0140. The van der Waals surface area contributed by atoms with Crippen molar-refractivity contribution in [2.24, 2.45) is 11.7 Å². The van der Waals surface area contributed by atoms with E-state index in [1.807, 2.05) is 24.3 Å². The number of hydrogen-bond acceptors (Lipinski definition) is 26. The summed E-state index contributed by atoms with van der Waals surface area (Å²) >= 11 is 1.39. The maximum absolute atomic E-state index is 15.1. The number of β-amino-alcohol motifs (C(OH)–C–C–N with tert-alkyl or cyclic N) is 1. The molecule has 7 rings (SSSR count). The van der Waals surface area contributed by atoms with Crippen LogP contribution in [0.25, 0.3) is 21.1 Å². The number of ether oxygens (including phenoxy) is 2. The lowest BCUT2D eigenvalue weighted by Crippen LogP contribution is -2.64. The first-order chi connectivity index (χ1) is 46.6. The summed E-state index contributed by atoms with van der Waals surface area (Å²) in [6, 6.07) is 6.15. The molecular weight excluding hydrogens is 1310 g/mol. The van der Waals surface area contributed by atoms with E-state index < -0.39 is 158 Å². The molecule has 3 aromatic carbocycles. The van der Waals surface area contributed by atoms with E-state index in [4.69, 9.17) is 24.6 Å². The summed E-state index contributed by atoms with van der Waals surface area (Å²) in [5.41, 5.74) is 7.20. The number of unbranched alkanes of at least 4 members (excludes halogenated alkanes) is 7. The molecule has 7 amide bonds. The zero-order chi connectivity index (χ0) is 70.1. The van der Waals surface area contributed by atoms with Gasteiger partial charge >= 0.3 is 0 Å². The van der Waals surface area contributed by atoms with Gasteiger partial charge in [0.15, 0.2) is 11.5 Å². The van der Waals surface area contributed by atoms with Gasteiger partial charge in [0.1, 0.15) is 52.0 Å². The summed E-state index contributed by atoms with van der Waals surface area (Å²) in [5, 5.41) is 118. The number of nitrogens with two attached hydrogens (primary N) is 1. The Bertz CT molecular complexity index is 3190. The van der Waals surface area contributed by atoms with E-state index in [2.05, 4.69) is 51.5 Å². The number of aromatic hydroxyl groups is 1. The van der Waals surface area contributed by atoms with Crippen molar-refractivity contribution >= 4 is 65.0 Å². The normalized spacial score (nSPS) is 24.0. The second-order valence-electron chi connectivity index (χ2n) is 24.5. The number of aliphatic hydroxyl groups excluding tert-OH is 6. The fourth-order valence-electron chi connectivity index (χ4n) is 11.6. The fraction of sp³-hybridized carbons (Fsp3) is 0.578. The van der Waals surface area contributed by atoms with Gasteiger partial charge in [-0.1, -0.05) is 77.9 Å². The number of phenolic OH excluding ortho intramolecular Hbond substituents is 1. The number of rotatable bonds is 31. The van der Waals surface area contributed by atoms with Crippen LogP contribution in [0.2, 0.25) is 0 Å². The first-order valence-electron chi connectivity index (χ1n) is 32.5. The lowest BCUT2D eigenvalue weighted by atomic mass is 9.98. The molecule has 1 aromatic heterocycles. The Morgan fingerprint density at radius 1 is 0.732 bits per heavy atom. The molecule has 3 saturated heterocycles. The molecular formula is C64H91N11O20S2. The van der Waals surface area contributed by atoms with Crippen molar-refractivity contribution in [3.05, 3.63) is 77.9 Å². The predicted molar refractivity (Wildman–Crippen MR) is 352 cm³/mol. The molecule has 97 heavy (non-hydrogen) atoms. The van der Waals surface area contributed by atoms with Crippen LogP contribution < -0.4 is 46.6 Å². The Hall–Kier alpha value is -7.22. The highest BCUT2D eigenvalue weighted by Crippen LogP contribution is 2.33. The van der Waals surface area contributed by atoms with Crippen LogP contribution in [0, 0.1) is 5.92 Å². The zero-order valence-electron chi connectivity index (χ0n) is 54.4. The van der Waals surface area contributed by atoms with Gasteiger partial charge in [-0.05, 0) is 113 Å². The van der Waals surface area contributed by atoms with E-state index in [1.54, 1.807) is 26.2 Å². The smallest absolute Gasteiger partial charge is 0.261 e. The van der Waals surface area contributed by atoms with E-state index in [0.29, 0.717) is 35.3 Å². The van der Waals surface area contributed by atoms with Crippen molar-refractivity contribution in [2.75, 3.05) is 59.6 Å². The summed E-state index contributed by atoms with van der Waals surface area (Å²) < 4.78 is 20.5. The number of amides is 7. The molecule has 0 aliphatic carbocycles. The molecule has 0 saturated carbocycles. The number of methoxy groups -OCH3 is 1. The maximum Gasteiger partial charge on any atom is 0.261 e. The van der Waals surface area contributed by atoms with Crippen molar-refractivity contribution in [3.8, 4) is 38.4 Å². The number of phenols is 1. The van der Waals surface area contributed by atoms with Gasteiger partial charge in [0.05, 0.1) is 43.2 Å². The van der Waals surface area contributed by atoms with Crippen LogP contribution in [0.15, 0.2) is 66.7 Å². The van der Waals surface area contributed by atoms with Crippen LogP contribution in [0.3, 0.4) is 0 Å². The number of hydrogen-bond donors (Lipinski definition) is 15. The Labute approximate surface area is 569 Å². The zero-order valence-corrected chi connectivity index (χ0v) is 56.0. The first-order valence-corrected chi connectivity index (χ1v) is 34.0. The van der Waals surface area contributed by atoms with Crippen molar-refractivity contribution < 1.29 is 97.6 Å². The molecule has 0 radical (unpaired) electrons. The van der Waals surface area contributed by atoms with Crippen LogP contribution in [0.1, 0.15) is 107 Å². The molecule has 4 aromatic rings. The molecule has 3 aliphatic heterocycles. The molecule has 0 unspecified atom stereocenters. The van der Waals surface area contributed by atoms with Crippen molar-refractivity contribution in [3.63, 3.8) is 0 Å². The third-order valence-electron chi connectivity index (χ3n) is 17.0. The largest absolute Gasteiger partial charge is 0.504 e. The molecule has 0 spiro atoms. The predicted octanol–water partition coefficient (Wildman–Crippen LogP) is 0.364. The standard InChI is InChI=1S/C64H91N11O20S2/c1-36-34-75-54(55(36)82)60(87)67-33-42(77)31-45(68-56(83)39-14-16-40(17-15-39)61-72-73-62(96-61)41-18-20-44(21-19-41)92-28-12-8-4-7-11-27-91-3)57(84)69-51(37(2)76)63(88)74-35-43(78)32-46(74)58(85)70-52(49(81)29-38-13-22-47(79)50(30-38)93-97-95-94-90)59(86)71-53(64(75)89)48(80)23-26-66-25-10-6-5-9-24-65/h13-22,30,36-37,42-43,45-46,48-49,51-55,66,76-82,90H,4-12,23-29,31-35,65H2,1-3H3,(H,67,87)(H,68,83)(H,69,84)(H,70,85)(H,71,86)/t36-,37+,42+,43+,45+,46+,48-,49-,51+,52+,53+,54+,55+/m1/s1. The number of benzene rings is 3. The molecule has 31 nitrogen and oxygen atoms in total. The van der Waals surface area contributed by atoms with Gasteiger partial charge in [0, 0.05) is 75.2 Å². The van der Waals surface area contributed by atoms with Gasteiger partial charge in [0.25, 0.3) is 18.2 Å². The number of nitrogens with one attached hydrogen (secondary N) is 6. The Balaban J connectivity index is 1.16. The Kier molecular flexibility index (Phi) is 30.9. The van der Waals surface area contributed by atoms with E-state index in [9.17, 15) is 64.5 Å². The molecule has 534 valence electrons. The first kappa shape index (κ1) is 77.1. The number of fused-ring (bicyclic) bond motifs is 2. The summed E-state index contributed by atoms with van der Waals surface area (Å²) in [4.78, 5) is 104. The van der Waals surface area contributed by atoms with E-state index in [1.165, 1.54) is 35.6 Å². The average Bonchev–Trinajstić information content (AvgIpc) is 1.69. The molecule has 3 fully saturated rings. The highest BCUT2D eigenvalue weighted by Gasteiger charge is 2.50. The van der Waals surface area contributed by atoms with Gasteiger partial charge in [0.2, 0.25) is 35.4 Å². The maximum atomic E-state index is 15.1. The van der Waals surface area contributed by atoms with Gasteiger partial charge < -0.3 is 96.8 Å². The van der Waals surface area contributed by atoms with Gasteiger partial charge in [-0.2, -0.15) is 0 Å². The summed E-state index contributed by atoms with van der Waals surface area (Å²) in [6.07, 6.45) is -3.46. The van der Waals surface area contributed by atoms with Crippen molar-refractivity contribution in [1.29, 1.82) is 0 Å². The summed E-state index contributed by atoms with van der Waals surface area (Å²) in [5.74, 6) is -8.48. The minimum Gasteiger partial charge on any atom is -0.504 e. The lowest BCUT2D eigenvalue weighted by Gasteiger charge is -2.34. The van der Waals surface area contributed by atoms with Crippen LogP contribution in [0.4, 0.5) is 0 Å². The molecule has 3 aliphatic rings. The number of carbonyl (C=O) groups is 7. The second-order valence-corrected chi connectivity index (χ2v) is 25.9. The fourth-order valence-corrected chi connectivity index (χ4v) is 12.7. The monoisotopic (exact) mass is 1400 g/mol. The summed E-state index contributed by atoms with van der Waals surface area (Å²) in [7, 11) is 1.70. The lowest BCUT2D eigenvalue weighted by molar-refractivity contribution is -0.433. The Morgan fingerprint density at radius 3 is 2.05 bits per heavy atom. The van der Waals surface area contributed by atoms with E-state index in [-0.39, 0.29) is 48.7 Å². The highest BCUT2D eigenvalue weighted by molar-refractivity contribution is 7.90. The highest BCUT2D eigenvalue weighted by atomic mass is 32.2. The topological polar surface area (TPSA) is 458 Å². The van der Waals surface area contributed by atoms with Gasteiger partial charge in [-0.15, -0.1) is 10.2 Å². The SMILES string of the molecule is COCCCCCCCOc1ccc(-c2nnc(-c3ccc(C(=O)N[C@H]4C[C@H](O)CNC(=O)[C@@H]5[C@@H](O)[C@H](C)CN5C(=O)[C@H]([C@H](O)CCNCCCCCCN)NC(=O)[C@H]([C@H](O)Cc5ccc(O)c(OSOOO)c5)NC(=O)[C@@H]5C[C@H](O)CN5C(=O)[C@H]([C@H](C)O)NC4=O)cc3)s2)cc1. The second kappa shape index (κ2) is 38.8. The summed E-state index contributed by atoms with van der Waals surface area (Å²) in [6.45, 7) is 3.65. The third kappa shape index (κ3) is 22.4. The molecule has 13 atom stereocenters. The van der Waals surface area contributed by atoms with Gasteiger partial charge in [-0.3, -0.25) is 33.6 Å². The molecule has 16 N–H and O–H groups in total. The number of carbonyl (C=O) groups excluding carboxylic acids is 7. The Morgan fingerprint density at radius 2 is 1.37 bits per heavy atom. The average molecular weight is 1400 g/mol. The number of nitrogens with zero attached hydrogens (tertiary/aromatic N) is 4. The molecule has 33 heteroatoms. The minimum absolute atomic E-state index is 0.0243.